The molecule has 0 bridgehead atoms. The molecule has 2 N–H and O–H groups in total. The minimum absolute atomic E-state index is 0.524. The maximum Gasteiger partial charge on any atom is 0.161 e. The number of hydrogen-bond acceptors (Lipinski definition) is 4. The molecule has 0 aromatic carbocycles. The lowest BCUT2D eigenvalue weighted by Crippen LogP contribution is -2.34. The summed E-state index contributed by atoms with van der Waals surface area (Å²) in [6.45, 7) is 6.34. The Kier molecular flexibility index (Phi) is 3.98. The molecule has 108 valence electrons. The van der Waals surface area contributed by atoms with Crippen molar-refractivity contribution < 1.29 is 0 Å². The van der Waals surface area contributed by atoms with Crippen LogP contribution in [-0.2, 0) is 13.0 Å². The summed E-state index contributed by atoms with van der Waals surface area (Å²) < 4.78 is 2.13. The maximum atomic E-state index is 5.83. The summed E-state index contributed by atoms with van der Waals surface area (Å²) in [5.74, 6) is 1.78. The number of aromatic nitrogens is 3. The topological polar surface area (TPSA) is 59.5 Å². The normalized spacial score (nSPS) is 17.9. The van der Waals surface area contributed by atoms with Gasteiger partial charge in [-0.1, -0.05) is 13.0 Å². The predicted octanol–water partition coefficient (Wildman–Crippen LogP) is 1.46. The van der Waals surface area contributed by atoms with Crippen molar-refractivity contribution in [3.05, 3.63) is 29.7 Å². The Hall–Kier alpha value is -1.46. The second-order valence-electron chi connectivity index (χ2n) is 5.61. The van der Waals surface area contributed by atoms with Crippen LogP contribution in [0, 0.1) is 5.92 Å². The molecule has 0 unspecified atom stereocenters. The highest BCUT2D eigenvalue weighted by Crippen LogP contribution is 2.21. The van der Waals surface area contributed by atoms with Crippen LogP contribution in [0.1, 0.15) is 31.3 Å². The van der Waals surface area contributed by atoms with E-state index in [0.29, 0.717) is 6.54 Å². The van der Waals surface area contributed by atoms with Gasteiger partial charge in [-0.2, -0.15) is 0 Å². The van der Waals surface area contributed by atoms with E-state index in [0.717, 1.165) is 36.0 Å². The van der Waals surface area contributed by atoms with Crippen LogP contribution in [0.2, 0.25) is 0 Å². The average molecular weight is 273 g/mol. The number of piperidine rings is 1. The first-order valence-electron chi connectivity index (χ1n) is 7.56. The Balaban J connectivity index is 1.78. The lowest BCUT2D eigenvalue weighted by Gasteiger charge is -2.30. The van der Waals surface area contributed by atoms with Gasteiger partial charge in [0.15, 0.2) is 5.65 Å². The second-order valence-corrected chi connectivity index (χ2v) is 5.61. The van der Waals surface area contributed by atoms with Crippen LogP contribution < -0.4 is 5.73 Å². The number of rotatable bonds is 4. The highest BCUT2D eigenvalue weighted by atomic mass is 15.3. The summed E-state index contributed by atoms with van der Waals surface area (Å²) in [6.07, 6.45) is 3.52. The molecule has 0 aliphatic carbocycles. The summed E-state index contributed by atoms with van der Waals surface area (Å²) in [7, 11) is 0. The molecule has 1 saturated heterocycles. The molecule has 3 rings (SSSR count). The first-order chi connectivity index (χ1) is 9.81. The average Bonchev–Trinajstić information content (AvgIpc) is 2.91. The summed E-state index contributed by atoms with van der Waals surface area (Å²) in [4.78, 5) is 2.52. The first kappa shape index (κ1) is 13.5. The van der Waals surface area contributed by atoms with Crippen molar-refractivity contribution in [3.63, 3.8) is 0 Å². The molecule has 1 fully saturated rings. The Labute approximate surface area is 119 Å². The van der Waals surface area contributed by atoms with Gasteiger partial charge >= 0.3 is 0 Å². The van der Waals surface area contributed by atoms with Crippen LogP contribution in [0.4, 0.5) is 0 Å². The van der Waals surface area contributed by atoms with E-state index < -0.39 is 0 Å². The van der Waals surface area contributed by atoms with Gasteiger partial charge in [-0.3, -0.25) is 4.40 Å². The number of hydrogen-bond donors (Lipinski definition) is 1. The van der Waals surface area contributed by atoms with E-state index in [1.54, 1.807) is 0 Å². The van der Waals surface area contributed by atoms with Gasteiger partial charge < -0.3 is 10.6 Å². The molecular weight excluding hydrogens is 250 g/mol. The Morgan fingerprint density at radius 2 is 2.05 bits per heavy atom. The van der Waals surface area contributed by atoms with Crippen molar-refractivity contribution in [1.82, 2.24) is 19.5 Å². The van der Waals surface area contributed by atoms with Crippen LogP contribution in [0.5, 0.6) is 0 Å². The van der Waals surface area contributed by atoms with E-state index in [4.69, 9.17) is 5.73 Å². The zero-order valence-corrected chi connectivity index (χ0v) is 12.1. The Bertz CT molecular complexity index is 569. The highest BCUT2D eigenvalue weighted by molar-refractivity contribution is 5.40. The van der Waals surface area contributed by atoms with E-state index >= 15 is 0 Å². The van der Waals surface area contributed by atoms with Gasteiger partial charge in [-0.05, 0) is 50.5 Å². The number of fused-ring (bicyclic) bond motifs is 1. The summed E-state index contributed by atoms with van der Waals surface area (Å²) in [6, 6.07) is 6.05. The van der Waals surface area contributed by atoms with E-state index in [9.17, 15) is 0 Å². The van der Waals surface area contributed by atoms with E-state index in [1.807, 2.05) is 12.1 Å². The molecule has 1 aliphatic rings. The Morgan fingerprint density at radius 1 is 1.25 bits per heavy atom. The lowest BCUT2D eigenvalue weighted by atomic mass is 9.93. The van der Waals surface area contributed by atoms with E-state index in [1.165, 1.54) is 25.9 Å². The van der Waals surface area contributed by atoms with Gasteiger partial charge in [-0.15, -0.1) is 10.2 Å². The van der Waals surface area contributed by atoms with E-state index in [2.05, 4.69) is 32.5 Å². The molecule has 0 spiro atoms. The third-order valence-electron chi connectivity index (χ3n) is 4.41. The molecule has 0 radical (unpaired) electrons. The van der Waals surface area contributed by atoms with Crippen molar-refractivity contribution in [3.8, 4) is 0 Å². The second kappa shape index (κ2) is 5.89. The number of nitrogens with zero attached hydrogens (tertiary/aromatic N) is 4. The van der Waals surface area contributed by atoms with Crippen molar-refractivity contribution in [1.29, 1.82) is 0 Å². The third kappa shape index (κ3) is 2.55. The van der Waals surface area contributed by atoms with Gasteiger partial charge in [0.1, 0.15) is 5.82 Å². The highest BCUT2D eigenvalue weighted by Gasteiger charge is 2.20. The molecule has 5 nitrogen and oxygen atoms in total. The first-order valence-corrected chi connectivity index (χ1v) is 7.56. The molecule has 3 heterocycles. The number of pyridine rings is 1. The van der Waals surface area contributed by atoms with Crippen molar-refractivity contribution in [2.45, 2.75) is 32.7 Å². The standard InChI is InChI=1S/C15H23N5/c1-2-19-8-6-12(7-9-19)10-15-18-17-14-5-3-4-13(11-16)20(14)15/h3-5,12H,2,6-11,16H2,1H3. The minimum atomic E-state index is 0.524. The monoisotopic (exact) mass is 273 g/mol. The van der Waals surface area contributed by atoms with Crippen molar-refractivity contribution >= 4 is 5.65 Å². The molecule has 2 aromatic heterocycles. The largest absolute Gasteiger partial charge is 0.325 e. The minimum Gasteiger partial charge on any atom is -0.325 e. The molecule has 5 heteroatoms. The van der Waals surface area contributed by atoms with Crippen LogP contribution in [0.25, 0.3) is 5.65 Å². The molecule has 0 atom stereocenters. The van der Waals surface area contributed by atoms with Crippen molar-refractivity contribution in [2.24, 2.45) is 11.7 Å². The molecule has 2 aromatic rings. The fraction of sp³-hybridized carbons (Fsp3) is 0.600. The summed E-state index contributed by atoms with van der Waals surface area (Å²) in [5, 5.41) is 8.65. The molecule has 0 saturated carbocycles. The zero-order valence-electron chi connectivity index (χ0n) is 12.1. The maximum absolute atomic E-state index is 5.83. The fourth-order valence-electron chi connectivity index (χ4n) is 3.13. The zero-order chi connectivity index (χ0) is 13.9. The van der Waals surface area contributed by atoms with Crippen LogP contribution in [0.15, 0.2) is 18.2 Å². The van der Waals surface area contributed by atoms with Crippen LogP contribution in [0.3, 0.4) is 0 Å². The van der Waals surface area contributed by atoms with Crippen LogP contribution in [-0.4, -0.2) is 39.1 Å². The number of nitrogens with two attached hydrogens (primary N) is 1. The van der Waals surface area contributed by atoms with Gasteiger partial charge in [0.05, 0.1) is 0 Å². The molecule has 0 amide bonds. The molecule has 1 aliphatic heterocycles. The molecule has 20 heavy (non-hydrogen) atoms. The SMILES string of the molecule is CCN1CCC(Cc2nnc3cccc(CN)n23)CC1. The van der Waals surface area contributed by atoms with Gasteiger partial charge in [0.2, 0.25) is 0 Å². The fourth-order valence-corrected chi connectivity index (χ4v) is 3.13. The smallest absolute Gasteiger partial charge is 0.161 e. The quantitative estimate of drug-likeness (QED) is 0.916. The summed E-state index contributed by atoms with van der Waals surface area (Å²) in [5.41, 5.74) is 7.83. The molecular formula is C15H23N5. The third-order valence-corrected chi connectivity index (χ3v) is 4.41. The Morgan fingerprint density at radius 3 is 2.75 bits per heavy atom. The van der Waals surface area contributed by atoms with Crippen molar-refractivity contribution in [2.75, 3.05) is 19.6 Å². The van der Waals surface area contributed by atoms with Crippen LogP contribution >= 0.6 is 0 Å². The van der Waals surface area contributed by atoms with E-state index in [-0.39, 0.29) is 0 Å². The van der Waals surface area contributed by atoms with Gasteiger partial charge in [0.25, 0.3) is 0 Å². The van der Waals surface area contributed by atoms with Gasteiger partial charge in [0, 0.05) is 18.7 Å². The lowest BCUT2D eigenvalue weighted by molar-refractivity contribution is 0.190. The predicted molar refractivity (Wildman–Crippen MR) is 79.4 cm³/mol. The summed E-state index contributed by atoms with van der Waals surface area (Å²) >= 11 is 0. The number of likely N-dealkylation sites (tertiary alicyclic amines) is 1. The van der Waals surface area contributed by atoms with Gasteiger partial charge in [-0.25, -0.2) is 0 Å².